The summed E-state index contributed by atoms with van der Waals surface area (Å²) < 4.78 is 2.96. The van der Waals surface area contributed by atoms with Crippen LogP contribution >= 0.6 is 0 Å². The van der Waals surface area contributed by atoms with Gasteiger partial charge in [-0.25, -0.2) is 0 Å². The number of benzene rings is 3. The number of halogens is 2. The molecule has 4 aromatic rings. The molecule has 2 aliphatic heterocycles. The average molecular weight is 593 g/mol. The Balaban J connectivity index is 0.000000158. The molecule has 0 N–H and O–H groups in total. The molecular weight excluding hydrogens is 565 g/mol. The summed E-state index contributed by atoms with van der Waals surface area (Å²) in [4.78, 5) is 0. The van der Waals surface area contributed by atoms with Gasteiger partial charge < -0.3 is 29.4 Å². The van der Waals surface area contributed by atoms with E-state index in [-0.39, 0.29) is 24.8 Å². The van der Waals surface area contributed by atoms with Crippen molar-refractivity contribution in [3.05, 3.63) is 113 Å². The van der Waals surface area contributed by atoms with E-state index < -0.39 is 8.07 Å². The standard InChI is InChI=1S/C16H17NSi.C14H11.2ClH.Zr/c1-11-15-13-9-17(12-7-5-4-6-8-12)10-14(13)16(11)18(15,2)3;1-10-8-12-7-6-11-4-2-3-5-13(11)14(12)9-10;;;/h4-10,15H,1-3H3;2-9H,1H3;2*1H;/q;;;;+2/p-2. The van der Waals surface area contributed by atoms with Crippen LogP contribution in [-0.2, 0) is 24.7 Å². The summed E-state index contributed by atoms with van der Waals surface area (Å²) in [6.07, 6.45) is 7.05. The predicted molar refractivity (Wildman–Crippen MR) is 139 cm³/mol. The molecule has 3 aromatic carbocycles. The third kappa shape index (κ3) is 4.00. The van der Waals surface area contributed by atoms with Crippen molar-refractivity contribution in [3.8, 4) is 5.69 Å². The summed E-state index contributed by atoms with van der Waals surface area (Å²) in [5, 5.41) is 4.47. The summed E-state index contributed by atoms with van der Waals surface area (Å²) in [6, 6.07) is 23.8. The molecule has 1 aromatic heterocycles. The van der Waals surface area contributed by atoms with Crippen molar-refractivity contribution in [3.63, 3.8) is 0 Å². The number of nitrogens with zero attached hydrogens (tertiary/aromatic N) is 1. The fourth-order valence-corrected chi connectivity index (χ4v) is 11.6. The molecule has 0 fully saturated rings. The van der Waals surface area contributed by atoms with Gasteiger partial charge in [-0.05, 0) is 30.2 Å². The van der Waals surface area contributed by atoms with E-state index in [1.165, 1.54) is 38.7 Å². The summed E-state index contributed by atoms with van der Waals surface area (Å²) in [7, 11) is -1.12. The Morgan fingerprint density at radius 3 is 2.17 bits per heavy atom. The maximum absolute atomic E-state index is 2.51. The first-order valence-electron chi connectivity index (χ1n) is 11.8. The van der Waals surface area contributed by atoms with Crippen molar-refractivity contribution in [1.82, 2.24) is 4.57 Å². The Hall–Kier alpha value is -1.64. The van der Waals surface area contributed by atoms with Gasteiger partial charge in [0.1, 0.15) is 0 Å². The minimum absolute atomic E-state index is 0. The smallest absolute Gasteiger partial charge is 1.00 e. The average Bonchev–Trinajstić information content (AvgIpc) is 3.49. The minimum Gasteiger partial charge on any atom is -1.00 e. The Bertz CT molecular complexity index is 1480. The molecule has 0 radical (unpaired) electrons. The van der Waals surface area contributed by atoms with E-state index in [2.05, 4.69) is 117 Å². The molecule has 0 amide bonds. The van der Waals surface area contributed by atoms with Gasteiger partial charge in [0, 0.05) is 23.6 Å². The SMILES string of the molecule is CC1=C2c3cn(-c4ccccc4)cc3C1[Si]2(C)C.CC1=Cc2c(ccc3ccccc23)[CH]1[Zr+2].[Cl-].[Cl-]. The van der Waals surface area contributed by atoms with Crippen LogP contribution in [-0.4, -0.2) is 12.6 Å². The van der Waals surface area contributed by atoms with E-state index in [0.717, 1.165) is 5.54 Å². The summed E-state index contributed by atoms with van der Waals surface area (Å²) in [5.74, 6) is 0. The van der Waals surface area contributed by atoms with Gasteiger partial charge in [-0.1, -0.05) is 42.1 Å². The second-order valence-electron chi connectivity index (χ2n) is 10.2. The Kier molecular flexibility index (Phi) is 7.30. The van der Waals surface area contributed by atoms with E-state index in [1.807, 2.05) is 0 Å². The van der Waals surface area contributed by atoms with Crippen LogP contribution in [0.4, 0.5) is 0 Å². The third-order valence-electron chi connectivity index (χ3n) is 7.83. The van der Waals surface area contributed by atoms with E-state index in [0.29, 0.717) is 3.63 Å². The molecule has 2 aliphatic carbocycles. The molecule has 2 bridgehead atoms. The fourth-order valence-electron chi connectivity index (χ4n) is 6.38. The maximum Gasteiger partial charge on any atom is -1.00 e. The molecule has 2 atom stereocenters. The zero-order chi connectivity index (χ0) is 22.9. The number of fused-ring (bicyclic) bond motifs is 3. The zero-order valence-corrected chi connectivity index (χ0v) is 25.4. The van der Waals surface area contributed by atoms with Crippen LogP contribution in [0.1, 0.15) is 45.3 Å². The van der Waals surface area contributed by atoms with Crippen molar-refractivity contribution >= 4 is 30.1 Å². The van der Waals surface area contributed by atoms with Crippen LogP contribution in [0.15, 0.2) is 90.3 Å². The molecule has 0 spiro atoms. The van der Waals surface area contributed by atoms with Gasteiger partial charge in [-0.3, -0.25) is 0 Å². The number of hydrogen-bond acceptors (Lipinski definition) is 0. The summed E-state index contributed by atoms with van der Waals surface area (Å²) >= 11 is 1.60. The second-order valence-corrected chi connectivity index (χ2v) is 16.1. The number of rotatable bonds is 1. The molecule has 1 nitrogen and oxygen atoms in total. The van der Waals surface area contributed by atoms with E-state index >= 15 is 0 Å². The minimum atomic E-state index is -1.12. The second kappa shape index (κ2) is 9.67. The van der Waals surface area contributed by atoms with E-state index in [9.17, 15) is 0 Å². The van der Waals surface area contributed by atoms with Gasteiger partial charge in [0.05, 0.1) is 8.07 Å². The molecule has 3 heterocycles. The Morgan fingerprint density at radius 1 is 0.800 bits per heavy atom. The van der Waals surface area contributed by atoms with Gasteiger partial charge >= 0.3 is 105 Å². The topological polar surface area (TPSA) is 4.93 Å². The van der Waals surface area contributed by atoms with Crippen LogP contribution in [0.25, 0.3) is 27.7 Å². The largest absolute Gasteiger partial charge is 1.00 e. The zero-order valence-electron chi connectivity index (χ0n) is 20.4. The Morgan fingerprint density at radius 2 is 1.49 bits per heavy atom. The van der Waals surface area contributed by atoms with Crippen LogP contribution in [0.2, 0.25) is 13.1 Å². The fraction of sp³-hybridized carbons (Fsp3) is 0.200. The molecule has 175 valence electrons. The molecule has 0 saturated carbocycles. The molecule has 8 rings (SSSR count). The van der Waals surface area contributed by atoms with E-state index in [4.69, 9.17) is 0 Å². The van der Waals surface area contributed by atoms with Gasteiger partial charge in [-0.15, -0.1) is 0 Å². The molecule has 35 heavy (non-hydrogen) atoms. The normalized spacial score (nSPS) is 20.0. The quantitative estimate of drug-likeness (QED) is 0.298. The van der Waals surface area contributed by atoms with Crippen LogP contribution in [0.3, 0.4) is 0 Å². The van der Waals surface area contributed by atoms with Crippen LogP contribution < -0.4 is 24.8 Å². The van der Waals surface area contributed by atoms with Crippen molar-refractivity contribution in [2.24, 2.45) is 0 Å². The van der Waals surface area contributed by atoms with Crippen LogP contribution in [0, 0.1) is 0 Å². The first-order valence-corrected chi connectivity index (χ1v) is 16.3. The van der Waals surface area contributed by atoms with Crippen molar-refractivity contribution in [1.29, 1.82) is 0 Å². The molecule has 2 unspecified atom stereocenters. The summed E-state index contributed by atoms with van der Waals surface area (Å²) in [5.41, 5.74) is 11.3. The van der Waals surface area contributed by atoms with E-state index in [1.54, 1.807) is 41.1 Å². The van der Waals surface area contributed by atoms with Gasteiger partial charge in [0.15, 0.2) is 0 Å². The first-order chi connectivity index (χ1) is 15.9. The van der Waals surface area contributed by atoms with Crippen molar-refractivity contribution < 1.29 is 49.5 Å². The molecule has 0 saturated heterocycles. The third-order valence-corrected chi connectivity index (χ3v) is 13.9. The van der Waals surface area contributed by atoms with Crippen molar-refractivity contribution in [2.45, 2.75) is 36.1 Å². The number of hydrogen-bond donors (Lipinski definition) is 0. The monoisotopic (exact) mass is 590 g/mol. The molecule has 5 heteroatoms. The number of allylic oxidation sites excluding steroid dienone is 2. The van der Waals surface area contributed by atoms with Gasteiger partial charge in [0.2, 0.25) is 0 Å². The first kappa shape index (κ1) is 26.4. The van der Waals surface area contributed by atoms with Gasteiger partial charge in [-0.2, -0.15) is 0 Å². The van der Waals surface area contributed by atoms with Crippen molar-refractivity contribution in [2.75, 3.05) is 0 Å². The Labute approximate surface area is 237 Å². The maximum atomic E-state index is 2.51. The molecule has 4 aliphatic rings. The molecular formula is C30H28Cl2NSiZr. The number of para-hydroxylation sites is 1. The van der Waals surface area contributed by atoms with Crippen LogP contribution in [0.5, 0.6) is 0 Å². The predicted octanol–water partition coefficient (Wildman–Crippen LogP) is 2.00. The number of aromatic nitrogens is 1. The summed E-state index contributed by atoms with van der Waals surface area (Å²) in [6.45, 7) is 9.58. The van der Waals surface area contributed by atoms with Gasteiger partial charge in [0.25, 0.3) is 0 Å².